The molecule has 0 N–H and O–H groups in total. The summed E-state index contributed by atoms with van der Waals surface area (Å²) in [5.74, 6) is 1.26. The largest absolute Gasteiger partial charge is 0.229 e. The molecule has 0 saturated carbocycles. The number of sulfone groups is 1. The Morgan fingerprint density at radius 2 is 1.60 bits per heavy atom. The molecule has 0 heterocycles. The van der Waals surface area contributed by atoms with Crippen LogP contribution >= 0.6 is 23.2 Å². The zero-order valence-electron chi connectivity index (χ0n) is 9.43. The summed E-state index contributed by atoms with van der Waals surface area (Å²) in [4.78, 5) is 0. The van der Waals surface area contributed by atoms with Gasteiger partial charge in [0.05, 0.1) is 5.75 Å². The molecule has 0 aliphatic heterocycles. The number of alkyl halides is 2. The van der Waals surface area contributed by atoms with Crippen molar-refractivity contribution in [1.29, 1.82) is 0 Å². The minimum atomic E-state index is -2.91. The first-order valence-electron chi connectivity index (χ1n) is 5.27. The predicted octanol–water partition coefficient (Wildman–Crippen LogP) is 3.08. The van der Waals surface area contributed by atoms with Gasteiger partial charge in [0.15, 0.2) is 0 Å². The molecule has 0 unspecified atom stereocenters. The van der Waals surface area contributed by atoms with Crippen molar-refractivity contribution in [3.8, 4) is 0 Å². The molecule has 0 bridgehead atoms. The summed E-state index contributed by atoms with van der Waals surface area (Å²) in [7, 11) is -2.91. The molecule has 0 aromatic carbocycles. The summed E-state index contributed by atoms with van der Waals surface area (Å²) in [5.41, 5.74) is -0.208. The molecule has 0 fully saturated rings. The number of halogens is 2. The Morgan fingerprint density at radius 1 is 1.07 bits per heavy atom. The van der Waals surface area contributed by atoms with Gasteiger partial charge in [-0.1, -0.05) is 20.3 Å². The van der Waals surface area contributed by atoms with E-state index in [9.17, 15) is 8.42 Å². The molecule has 0 atom stereocenters. The number of rotatable bonds is 8. The standard InChI is InChI=1S/C10H20Cl2O2S/c1-3-5-10(8-11,9-12)6-7-15(13,14)4-2/h3-9H2,1-2H3. The molecule has 0 radical (unpaired) electrons. The van der Waals surface area contributed by atoms with Crippen LogP contribution in [0.25, 0.3) is 0 Å². The molecule has 0 saturated heterocycles. The van der Waals surface area contributed by atoms with Crippen LogP contribution in [0.4, 0.5) is 0 Å². The summed E-state index contributed by atoms with van der Waals surface area (Å²) < 4.78 is 22.8. The molecule has 0 aliphatic rings. The van der Waals surface area contributed by atoms with Gasteiger partial charge in [-0.05, 0) is 18.3 Å². The third kappa shape index (κ3) is 5.41. The van der Waals surface area contributed by atoms with Crippen LogP contribution in [0.5, 0.6) is 0 Å². The summed E-state index contributed by atoms with van der Waals surface area (Å²) in [6, 6.07) is 0. The Balaban J connectivity index is 4.42. The molecule has 2 nitrogen and oxygen atoms in total. The van der Waals surface area contributed by atoms with Crippen LogP contribution in [-0.2, 0) is 9.84 Å². The third-order valence-corrected chi connectivity index (χ3v) is 5.57. The van der Waals surface area contributed by atoms with Gasteiger partial charge in [-0.2, -0.15) is 0 Å². The average molecular weight is 275 g/mol. The molecular weight excluding hydrogens is 255 g/mol. The highest BCUT2D eigenvalue weighted by Gasteiger charge is 2.28. The van der Waals surface area contributed by atoms with Crippen LogP contribution in [-0.4, -0.2) is 31.7 Å². The first-order chi connectivity index (χ1) is 6.95. The van der Waals surface area contributed by atoms with Gasteiger partial charge in [0.1, 0.15) is 9.84 Å². The second kappa shape index (κ2) is 6.97. The van der Waals surface area contributed by atoms with Crippen LogP contribution in [0.1, 0.15) is 33.1 Å². The Bertz CT molecular complexity index is 259. The maximum Gasteiger partial charge on any atom is 0.150 e. The topological polar surface area (TPSA) is 34.1 Å². The second-order valence-corrected chi connectivity index (χ2v) is 7.01. The molecule has 15 heavy (non-hydrogen) atoms. The highest BCUT2D eigenvalue weighted by molar-refractivity contribution is 7.91. The lowest BCUT2D eigenvalue weighted by Crippen LogP contribution is -2.28. The molecule has 92 valence electrons. The van der Waals surface area contributed by atoms with Crippen molar-refractivity contribution in [3.05, 3.63) is 0 Å². The van der Waals surface area contributed by atoms with E-state index in [-0.39, 0.29) is 16.9 Å². The normalized spacial score (nSPS) is 13.1. The molecule has 0 aromatic rings. The Kier molecular flexibility index (Phi) is 7.22. The van der Waals surface area contributed by atoms with E-state index >= 15 is 0 Å². The van der Waals surface area contributed by atoms with Crippen LogP contribution < -0.4 is 0 Å². The van der Waals surface area contributed by atoms with Gasteiger partial charge >= 0.3 is 0 Å². The van der Waals surface area contributed by atoms with Gasteiger partial charge in [-0.25, -0.2) is 8.42 Å². The fourth-order valence-corrected chi connectivity index (χ4v) is 3.33. The van der Waals surface area contributed by atoms with Crippen molar-refractivity contribution in [2.45, 2.75) is 33.1 Å². The SMILES string of the molecule is CCCC(CCl)(CCl)CCS(=O)(=O)CC. The lowest BCUT2D eigenvalue weighted by atomic mass is 9.85. The van der Waals surface area contributed by atoms with E-state index in [2.05, 4.69) is 6.92 Å². The minimum absolute atomic E-state index is 0.194. The van der Waals surface area contributed by atoms with Gasteiger partial charge in [-0.3, -0.25) is 0 Å². The van der Waals surface area contributed by atoms with Crippen molar-refractivity contribution in [2.24, 2.45) is 5.41 Å². The van der Waals surface area contributed by atoms with E-state index in [1.807, 2.05) is 0 Å². The van der Waals surface area contributed by atoms with E-state index < -0.39 is 9.84 Å². The van der Waals surface area contributed by atoms with Crippen LogP contribution in [0, 0.1) is 5.41 Å². The Morgan fingerprint density at radius 3 is 1.93 bits per heavy atom. The Labute approximate surface area is 103 Å². The van der Waals surface area contributed by atoms with Crippen LogP contribution in [0.15, 0.2) is 0 Å². The Hall–Kier alpha value is 0.530. The molecule has 0 spiro atoms. The van der Waals surface area contributed by atoms with Crippen LogP contribution in [0.2, 0.25) is 0 Å². The predicted molar refractivity (Wildman–Crippen MR) is 67.7 cm³/mol. The lowest BCUT2D eigenvalue weighted by molar-refractivity contribution is 0.331. The highest BCUT2D eigenvalue weighted by Crippen LogP contribution is 2.32. The van der Waals surface area contributed by atoms with Gasteiger partial charge < -0.3 is 0 Å². The van der Waals surface area contributed by atoms with Crippen molar-refractivity contribution < 1.29 is 8.42 Å². The number of hydrogen-bond acceptors (Lipinski definition) is 2. The lowest BCUT2D eigenvalue weighted by Gasteiger charge is -2.28. The first-order valence-corrected chi connectivity index (χ1v) is 8.16. The zero-order valence-corrected chi connectivity index (χ0v) is 11.8. The first kappa shape index (κ1) is 15.5. The molecule has 0 aromatic heterocycles. The quantitative estimate of drug-likeness (QED) is 0.638. The fraction of sp³-hybridized carbons (Fsp3) is 1.00. The smallest absolute Gasteiger partial charge is 0.150 e. The van der Waals surface area contributed by atoms with Crippen molar-refractivity contribution in [3.63, 3.8) is 0 Å². The van der Waals surface area contributed by atoms with E-state index in [4.69, 9.17) is 23.2 Å². The van der Waals surface area contributed by atoms with E-state index in [0.717, 1.165) is 12.8 Å². The minimum Gasteiger partial charge on any atom is -0.229 e. The molecule has 0 aliphatic carbocycles. The fourth-order valence-electron chi connectivity index (χ4n) is 1.47. The highest BCUT2D eigenvalue weighted by atomic mass is 35.5. The van der Waals surface area contributed by atoms with Crippen LogP contribution in [0.3, 0.4) is 0 Å². The van der Waals surface area contributed by atoms with E-state index in [0.29, 0.717) is 18.2 Å². The molecule has 0 rings (SSSR count). The third-order valence-electron chi connectivity index (χ3n) is 2.73. The van der Waals surface area contributed by atoms with Crippen molar-refractivity contribution in [1.82, 2.24) is 0 Å². The number of hydrogen-bond donors (Lipinski definition) is 0. The van der Waals surface area contributed by atoms with Gasteiger partial charge in [0.25, 0.3) is 0 Å². The molecule has 5 heteroatoms. The monoisotopic (exact) mass is 274 g/mol. The summed E-state index contributed by atoms with van der Waals surface area (Å²) in [5, 5.41) is 0. The second-order valence-electron chi connectivity index (χ2n) is 4.00. The van der Waals surface area contributed by atoms with E-state index in [1.165, 1.54) is 0 Å². The van der Waals surface area contributed by atoms with Gasteiger partial charge in [-0.15, -0.1) is 23.2 Å². The maximum atomic E-state index is 11.4. The average Bonchev–Trinajstić information content (AvgIpc) is 2.24. The summed E-state index contributed by atoms with van der Waals surface area (Å²) >= 11 is 11.8. The van der Waals surface area contributed by atoms with Gasteiger partial charge in [0, 0.05) is 17.5 Å². The van der Waals surface area contributed by atoms with Crippen molar-refractivity contribution >= 4 is 33.0 Å². The van der Waals surface area contributed by atoms with Crippen molar-refractivity contribution in [2.75, 3.05) is 23.3 Å². The van der Waals surface area contributed by atoms with E-state index in [1.54, 1.807) is 6.92 Å². The van der Waals surface area contributed by atoms with Gasteiger partial charge in [0.2, 0.25) is 0 Å². The summed E-state index contributed by atoms with van der Waals surface area (Å²) in [6.07, 6.45) is 2.44. The molecule has 0 amide bonds. The summed E-state index contributed by atoms with van der Waals surface area (Å²) in [6.45, 7) is 3.72. The molecular formula is C10H20Cl2O2S. The zero-order chi connectivity index (χ0) is 11.9. The maximum absolute atomic E-state index is 11.4.